The minimum atomic E-state index is -3.92. The number of sulfonamides is 1. The Morgan fingerprint density at radius 2 is 1.84 bits per heavy atom. The van der Waals surface area contributed by atoms with Crippen molar-refractivity contribution in [3.05, 3.63) is 52.6 Å². The van der Waals surface area contributed by atoms with Gasteiger partial charge in [-0.05, 0) is 86.5 Å². The first-order valence-corrected chi connectivity index (χ1v) is 21.5. The molecule has 0 radical (unpaired) electrons. The van der Waals surface area contributed by atoms with E-state index in [1.165, 1.54) is 11.0 Å². The minimum absolute atomic E-state index is 0.0476. The van der Waals surface area contributed by atoms with Gasteiger partial charge in [-0.1, -0.05) is 63.1 Å². The molecule has 5 atom stereocenters. The van der Waals surface area contributed by atoms with Crippen LogP contribution in [0.5, 0.6) is 0 Å². The second-order valence-corrected chi connectivity index (χ2v) is 19.1. The maximum absolute atomic E-state index is 14.6. The summed E-state index contributed by atoms with van der Waals surface area (Å²) >= 11 is 0. The summed E-state index contributed by atoms with van der Waals surface area (Å²) in [6.45, 7) is 9.75. The summed E-state index contributed by atoms with van der Waals surface area (Å²) in [5.74, 6) is -2.88. The molecule has 2 aliphatic carbocycles. The van der Waals surface area contributed by atoms with Crippen LogP contribution < -0.4 is 15.4 Å². The van der Waals surface area contributed by atoms with Crippen molar-refractivity contribution in [1.82, 2.24) is 25.2 Å². The zero-order valence-corrected chi connectivity index (χ0v) is 34.2. The minimum Gasteiger partial charge on any atom is -0.449 e. The number of hydrogen-bond acceptors (Lipinski definition) is 10. The average molecular weight is 810 g/mol. The molecular weight excluding hydrogens is 755 g/mol. The Morgan fingerprint density at radius 3 is 2.53 bits per heavy atom. The fraction of sp³-hybridized carbons (Fsp3) is 0.610. The number of hydrogen-bond donors (Lipinski definition) is 3. The van der Waals surface area contributed by atoms with Crippen molar-refractivity contribution in [2.24, 2.45) is 11.3 Å². The molecule has 3 aliphatic heterocycles. The third-order valence-corrected chi connectivity index (χ3v) is 13.4. The van der Waals surface area contributed by atoms with Crippen LogP contribution >= 0.6 is 0 Å². The predicted octanol–water partition coefficient (Wildman–Crippen LogP) is 4.25. The average Bonchev–Trinajstić information content (AvgIpc) is 4.04. The number of amides is 5. The lowest BCUT2D eigenvalue weighted by Crippen LogP contribution is -2.58. The highest BCUT2D eigenvalue weighted by molar-refractivity contribution is 7.91. The SMILES string of the molecule is CC[C@@H]1CC1(NC(=O)[C@@H]1C[C@@H]2CN1C(=O)[C@H](CCC(=O)C=C(C)C)NC(=O)OCC(C)(C)CC/C=C/c1cccc3c1CN(C3)C(=O)O2)C(=O)NS(=O)(=O)C1CC1. The summed E-state index contributed by atoms with van der Waals surface area (Å²) in [5, 5.41) is 4.77. The maximum Gasteiger partial charge on any atom is 0.410 e. The molecule has 1 aromatic carbocycles. The number of cyclic esters (lactones) is 1. The largest absolute Gasteiger partial charge is 0.449 e. The van der Waals surface area contributed by atoms with Gasteiger partial charge >= 0.3 is 12.2 Å². The van der Waals surface area contributed by atoms with Crippen molar-refractivity contribution in [3.63, 3.8) is 0 Å². The number of carbonyl (C=O) groups is 6. The van der Waals surface area contributed by atoms with E-state index < -0.39 is 74.3 Å². The highest BCUT2D eigenvalue weighted by Crippen LogP contribution is 2.47. The van der Waals surface area contributed by atoms with Crippen LogP contribution in [0.3, 0.4) is 0 Å². The molecule has 1 saturated heterocycles. The van der Waals surface area contributed by atoms with Gasteiger partial charge in [0.2, 0.25) is 21.8 Å². The van der Waals surface area contributed by atoms with Crippen molar-refractivity contribution in [3.8, 4) is 0 Å². The zero-order chi connectivity index (χ0) is 41.3. The number of benzene rings is 1. The Morgan fingerprint density at radius 1 is 1.09 bits per heavy atom. The highest BCUT2D eigenvalue weighted by Gasteiger charge is 2.62. The summed E-state index contributed by atoms with van der Waals surface area (Å²) in [6, 6.07) is 3.31. The van der Waals surface area contributed by atoms with Gasteiger partial charge in [-0.3, -0.25) is 28.8 Å². The highest BCUT2D eigenvalue weighted by atomic mass is 32.2. The number of allylic oxidation sites excluding steroid dienone is 3. The van der Waals surface area contributed by atoms with Gasteiger partial charge in [-0.15, -0.1) is 0 Å². The van der Waals surface area contributed by atoms with Crippen LogP contribution in [-0.4, -0.2) is 96.0 Å². The van der Waals surface area contributed by atoms with Gasteiger partial charge in [0.15, 0.2) is 5.78 Å². The number of fused-ring (bicyclic) bond motifs is 3. The lowest BCUT2D eigenvalue weighted by molar-refractivity contribution is -0.141. The number of alkyl carbamates (subject to hydrolysis) is 1. The number of ketones is 1. The van der Waals surface area contributed by atoms with Crippen LogP contribution in [0, 0.1) is 11.3 Å². The standard InChI is InChI=1S/C41H55N5O10S/c1-6-28-20-41(28,37(50)44-57(53,54)31-14-15-31)43-35(48)34-19-30-22-46(34)36(49)33(16-13-29(47)18-25(2)3)42-38(51)55-24-40(4,5)17-8-7-10-26-11-9-12-27-21-45(23-32(26)27)39(52)56-30/h7,9-12,18,28,30-31,33-34H,6,8,13-17,19-24H2,1-5H3,(H,42,51)(H,43,48)(H,44,50)/b10-7+/t28-,30-,33+,34+,41?/m1/s1. The van der Waals surface area contributed by atoms with Crippen LogP contribution in [0.2, 0.25) is 0 Å². The van der Waals surface area contributed by atoms with E-state index in [1.807, 2.05) is 45.0 Å². The van der Waals surface area contributed by atoms with E-state index in [-0.39, 0.29) is 50.5 Å². The molecule has 310 valence electrons. The molecule has 3 fully saturated rings. The monoisotopic (exact) mass is 809 g/mol. The molecule has 0 spiro atoms. The molecule has 1 unspecified atom stereocenters. The van der Waals surface area contributed by atoms with Crippen molar-refractivity contribution in [2.45, 2.75) is 134 Å². The number of nitrogens with zero attached hydrogens (tertiary/aromatic N) is 2. The summed E-state index contributed by atoms with van der Waals surface area (Å²) in [5.41, 5.74) is 1.77. The quantitative estimate of drug-likeness (QED) is 0.288. The Bertz CT molecular complexity index is 1970. The normalized spacial score (nSPS) is 28.0. The molecule has 15 nitrogen and oxygen atoms in total. The zero-order valence-electron chi connectivity index (χ0n) is 33.4. The van der Waals surface area contributed by atoms with Crippen LogP contribution in [0.15, 0.2) is 35.9 Å². The summed E-state index contributed by atoms with van der Waals surface area (Å²) in [4.78, 5) is 85.0. The summed E-state index contributed by atoms with van der Waals surface area (Å²) < 4.78 is 39.3. The van der Waals surface area contributed by atoms with Gasteiger partial charge in [0.05, 0.1) is 24.9 Å². The van der Waals surface area contributed by atoms with Crippen molar-refractivity contribution >= 4 is 51.8 Å². The fourth-order valence-corrected chi connectivity index (χ4v) is 9.32. The van der Waals surface area contributed by atoms with E-state index in [4.69, 9.17) is 9.47 Å². The van der Waals surface area contributed by atoms with E-state index in [0.29, 0.717) is 45.2 Å². The number of nitrogens with one attached hydrogen (secondary N) is 3. The second kappa shape index (κ2) is 16.6. The van der Waals surface area contributed by atoms with Crippen LogP contribution in [0.1, 0.15) is 109 Å². The Hall–Kier alpha value is -4.73. The molecule has 3 N–H and O–H groups in total. The topological polar surface area (TPSA) is 198 Å². The second-order valence-electron chi connectivity index (χ2n) is 17.1. The molecule has 0 aromatic heterocycles. The van der Waals surface area contributed by atoms with E-state index >= 15 is 0 Å². The molecule has 5 amide bonds. The van der Waals surface area contributed by atoms with E-state index in [0.717, 1.165) is 22.3 Å². The maximum atomic E-state index is 14.6. The number of rotatable bonds is 10. The molecule has 5 aliphatic rings. The molecule has 4 bridgehead atoms. The third kappa shape index (κ3) is 9.87. The lowest BCUT2D eigenvalue weighted by atomic mass is 9.88. The first-order valence-electron chi connectivity index (χ1n) is 19.9. The summed E-state index contributed by atoms with van der Waals surface area (Å²) in [6.07, 6.45) is 5.67. The van der Waals surface area contributed by atoms with Gasteiger partial charge < -0.3 is 25.0 Å². The third-order valence-electron chi connectivity index (χ3n) is 11.5. The van der Waals surface area contributed by atoms with Gasteiger partial charge in [0, 0.05) is 19.4 Å². The summed E-state index contributed by atoms with van der Waals surface area (Å²) in [7, 11) is -3.92. The lowest BCUT2D eigenvalue weighted by Gasteiger charge is -2.30. The van der Waals surface area contributed by atoms with E-state index in [1.54, 1.807) is 18.7 Å². The van der Waals surface area contributed by atoms with Crippen molar-refractivity contribution in [1.29, 1.82) is 0 Å². The molecule has 3 heterocycles. The van der Waals surface area contributed by atoms with Crippen molar-refractivity contribution in [2.75, 3.05) is 13.2 Å². The van der Waals surface area contributed by atoms with Gasteiger partial charge in [0.25, 0.3) is 5.91 Å². The Balaban J connectivity index is 1.29. The smallest absolute Gasteiger partial charge is 0.410 e. The van der Waals surface area contributed by atoms with E-state index in [2.05, 4.69) is 21.4 Å². The van der Waals surface area contributed by atoms with Crippen LogP contribution in [0.25, 0.3) is 6.08 Å². The van der Waals surface area contributed by atoms with Crippen molar-refractivity contribution < 1.29 is 46.7 Å². The Kier molecular flexibility index (Phi) is 12.2. The van der Waals surface area contributed by atoms with Gasteiger partial charge in [-0.2, -0.15) is 0 Å². The Labute approximate surface area is 334 Å². The first kappa shape index (κ1) is 41.9. The molecule has 16 heteroatoms. The van der Waals surface area contributed by atoms with Crippen LogP contribution in [0.4, 0.5) is 9.59 Å². The van der Waals surface area contributed by atoms with Crippen LogP contribution in [-0.2, 0) is 51.8 Å². The first-order chi connectivity index (χ1) is 26.9. The van der Waals surface area contributed by atoms with E-state index in [9.17, 15) is 37.2 Å². The molecule has 1 aromatic rings. The van der Waals surface area contributed by atoms with Gasteiger partial charge in [0.1, 0.15) is 23.7 Å². The molecular formula is C41H55N5O10S. The predicted molar refractivity (Wildman–Crippen MR) is 209 cm³/mol. The number of ether oxygens (including phenoxy) is 2. The molecule has 2 saturated carbocycles. The molecule has 6 rings (SSSR count). The fourth-order valence-electron chi connectivity index (χ4n) is 7.96. The molecule has 57 heavy (non-hydrogen) atoms. The van der Waals surface area contributed by atoms with Gasteiger partial charge in [-0.25, -0.2) is 18.0 Å². The number of carbonyl (C=O) groups excluding carboxylic acids is 6.